The van der Waals surface area contributed by atoms with Crippen LogP contribution in [0.5, 0.6) is 0 Å². The first-order chi connectivity index (χ1) is 15.8. The van der Waals surface area contributed by atoms with Crippen LogP contribution in [0.2, 0.25) is 5.02 Å². The first-order valence-electron chi connectivity index (χ1n) is 11.0. The number of hydrogen-bond acceptors (Lipinski definition) is 6. The Bertz CT molecular complexity index is 1110. The summed E-state index contributed by atoms with van der Waals surface area (Å²) >= 11 is 6.29. The molecule has 0 atom stereocenters. The number of benzene rings is 1. The molecule has 1 aromatic carbocycles. The number of halogens is 1. The van der Waals surface area contributed by atoms with Crippen molar-refractivity contribution in [3.63, 3.8) is 0 Å². The fourth-order valence-electron chi connectivity index (χ4n) is 4.10. The van der Waals surface area contributed by atoms with Gasteiger partial charge in [-0.2, -0.15) is 4.31 Å². The molecule has 178 valence electrons. The highest BCUT2D eigenvalue weighted by Gasteiger charge is 2.31. The van der Waals surface area contributed by atoms with Crippen molar-refractivity contribution in [2.45, 2.75) is 11.8 Å². The summed E-state index contributed by atoms with van der Waals surface area (Å²) in [6, 6.07) is 7.53. The molecule has 0 aliphatic carbocycles. The second-order valence-corrected chi connectivity index (χ2v) is 10.4. The van der Waals surface area contributed by atoms with Gasteiger partial charge in [-0.25, -0.2) is 8.42 Å². The summed E-state index contributed by atoms with van der Waals surface area (Å²) in [7, 11) is -3.73. The van der Waals surface area contributed by atoms with Crippen LogP contribution < -0.4 is 0 Å². The average molecular weight is 495 g/mol. The van der Waals surface area contributed by atoms with Gasteiger partial charge in [0.1, 0.15) is 0 Å². The minimum atomic E-state index is -3.73. The van der Waals surface area contributed by atoms with E-state index in [1.54, 1.807) is 21.9 Å². The van der Waals surface area contributed by atoms with Crippen LogP contribution in [-0.4, -0.2) is 98.1 Å². The smallest absolute Gasteiger partial charge is 0.289 e. The highest BCUT2D eigenvalue weighted by atomic mass is 35.5. The number of amides is 2. The topological polar surface area (TPSA) is 94.4 Å². The van der Waals surface area contributed by atoms with Crippen molar-refractivity contribution in [1.29, 1.82) is 0 Å². The van der Waals surface area contributed by atoms with Crippen LogP contribution in [0.15, 0.2) is 45.9 Å². The van der Waals surface area contributed by atoms with Crippen LogP contribution in [0.25, 0.3) is 0 Å². The molecule has 2 aliphatic rings. The van der Waals surface area contributed by atoms with E-state index in [9.17, 15) is 18.0 Å². The standard InChI is InChI=1S/C22H27ClN4O5S/c1-2-24-7-13-27(14-8-24)33(30,31)17-5-6-19(23)18(16-17)21(28)25-9-11-26(12-10-25)22(29)20-4-3-15-32-20/h3-6,15-16H,2,7-14H2,1H3. The van der Waals surface area contributed by atoms with Gasteiger partial charge in [-0.1, -0.05) is 18.5 Å². The third kappa shape index (κ3) is 4.93. The molecule has 4 rings (SSSR count). The van der Waals surface area contributed by atoms with Gasteiger partial charge in [0.15, 0.2) is 5.76 Å². The molecule has 2 amide bonds. The Balaban J connectivity index is 1.45. The van der Waals surface area contributed by atoms with Gasteiger partial charge in [0.2, 0.25) is 10.0 Å². The van der Waals surface area contributed by atoms with E-state index in [4.69, 9.17) is 16.0 Å². The number of hydrogen-bond donors (Lipinski definition) is 0. The molecule has 2 fully saturated rings. The summed E-state index contributed by atoms with van der Waals surface area (Å²) in [4.78, 5) is 31.1. The van der Waals surface area contributed by atoms with Crippen LogP contribution >= 0.6 is 11.6 Å². The van der Waals surface area contributed by atoms with E-state index in [1.807, 2.05) is 6.92 Å². The van der Waals surface area contributed by atoms with Crippen LogP contribution in [0.4, 0.5) is 0 Å². The fourth-order valence-corrected chi connectivity index (χ4v) is 5.75. The Labute approximate surface area is 198 Å². The molecule has 2 saturated heterocycles. The number of furan rings is 1. The van der Waals surface area contributed by atoms with Gasteiger partial charge in [-0.15, -0.1) is 0 Å². The van der Waals surface area contributed by atoms with E-state index in [0.717, 1.165) is 6.54 Å². The van der Waals surface area contributed by atoms with Crippen LogP contribution in [0, 0.1) is 0 Å². The average Bonchev–Trinajstić information content (AvgIpc) is 3.38. The molecule has 0 bridgehead atoms. The van der Waals surface area contributed by atoms with E-state index in [1.165, 1.54) is 28.8 Å². The number of likely N-dealkylation sites (N-methyl/N-ethyl adjacent to an activating group) is 1. The lowest BCUT2D eigenvalue weighted by atomic mass is 10.1. The first kappa shape index (κ1) is 23.7. The van der Waals surface area contributed by atoms with Gasteiger partial charge in [0.05, 0.1) is 21.7 Å². The molecule has 33 heavy (non-hydrogen) atoms. The highest BCUT2D eigenvalue weighted by molar-refractivity contribution is 7.89. The zero-order valence-electron chi connectivity index (χ0n) is 18.4. The lowest BCUT2D eigenvalue weighted by molar-refractivity contribution is 0.0518. The molecular weight excluding hydrogens is 468 g/mol. The molecule has 9 nitrogen and oxygen atoms in total. The van der Waals surface area contributed by atoms with Gasteiger partial charge in [-0.05, 0) is 36.9 Å². The first-order valence-corrected chi connectivity index (χ1v) is 12.8. The van der Waals surface area contributed by atoms with Gasteiger partial charge >= 0.3 is 0 Å². The molecule has 11 heteroatoms. The molecule has 2 aliphatic heterocycles. The molecule has 0 N–H and O–H groups in total. The molecule has 0 unspecified atom stereocenters. The summed E-state index contributed by atoms with van der Waals surface area (Å²) in [5, 5.41) is 0.198. The zero-order valence-corrected chi connectivity index (χ0v) is 20.0. The Hall–Kier alpha value is -2.40. The maximum Gasteiger partial charge on any atom is 0.289 e. The van der Waals surface area contributed by atoms with Gasteiger partial charge in [-0.3, -0.25) is 9.59 Å². The molecule has 0 saturated carbocycles. The fraction of sp³-hybridized carbons (Fsp3) is 0.455. The highest BCUT2D eigenvalue weighted by Crippen LogP contribution is 2.25. The number of sulfonamides is 1. The van der Waals surface area contributed by atoms with E-state index < -0.39 is 10.0 Å². The minimum absolute atomic E-state index is 0.0619. The van der Waals surface area contributed by atoms with Crippen molar-refractivity contribution in [2.75, 3.05) is 58.9 Å². The molecular formula is C22H27ClN4O5S. The Morgan fingerprint density at radius 3 is 2.15 bits per heavy atom. The quantitative estimate of drug-likeness (QED) is 0.629. The third-order valence-corrected chi connectivity index (χ3v) is 8.39. The van der Waals surface area contributed by atoms with Crippen molar-refractivity contribution in [3.8, 4) is 0 Å². The van der Waals surface area contributed by atoms with Crippen molar-refractivity contribution in [2.24, 2.45) is 0 Å². The monoisotopic (exact) mass is 494 g/mol. The predicted molar refractivity (Wildman–Crippen MR) is 123 cm³/mol. The van der Waals surface area contributed by atoms with Crippen molar-refractivity contribution >= 4 is 33.4 Å². The maximum atomic E-state index is 13.2. The van der Waals surface area contributed by atoms with Crippen LogP contribution in [0.3, 0.4) is 0 Å². The lowest BCUT2D eigenvalue weighted by Gasteiger charge is -2.35. The largest absolute Gasteiger partial charge is 0.459 e. The number of nitrogens with zero attached hydrogens (tertiary/aromatic N) is 4. The van der Waals surface area contributed by atoms with Gasteiger partial charge < -0.3 is 19.1 Å². The van der Waals surface area contributed by atoms with Crippen molar-refractivity contribution in [1.82, 2.24) is 19.0 Å². The number of carbonyl (C=O) groups excluding carboxylic acids is 2. The maximum absolute atomic E-state index is 13.2. The predicted octanol–water partition coefficient (Wildman–Crippen LogP) is 1.86. The van der Waals surface area contributed by atoms with Crippen molar-refractivity contribution in [3.05, 3.63) is 52.9 Å². The summed E-state index contributed by atoms with van der Waals surface area (Å²) in [6.07, 6.45) is 1.44. The summed E-state index contributed by atoms with van der Waals surface area (Å²) in [5.41, 5.74) is 0.149. The number of rotatable bonds is 5. The van der Waals surface area contributed by atoms with Crippen LogP contribution in [0.1, 0.15) is 27.8 Å². The molecule has 0 spiro atoms. The van der Waals surface area contributed by atoms with E-state index in [-0.39, 0.29) is 33.1 Å². The van der Waals surface area contributed by atoms with E-state index >= 15 is 0 Å². The summed E-state index contributed by atoms with van der Waals surface area (Å²) in [6.45, 7) is 6.44. The number of piperazine rings is 2. The SMILES string of the molecule is CCN1CCN(S(=O)(=O)c2ccc(Cl)c(C(=O)N3CCN(C(=O)c4ccco4)CC3)c2)CC1. The Morgan fingerprint density at radius 1 is 0.939 bits per heavy atom. The van der Waals surface area contributed by atoms with E-state index in [0.29, 0.717) is 52.4 Å². The lowest BCUT2D eigenvalue weighted by Crippen LogP contribution is -2.50. The second-order valence-electron chi connectivity index (χ2n) is 8.04. The molecule has 3 heterocycles. The molecule has 1 aromatic heterocycles. The number of carbonyl (C=O) groups is 2. The Morgan fingerprint density at radius 2 is 1.58 bits per heavy atom. The summed E-state index contributed by atoms with van der Waals surface area (Å²) in [5.74, 6) is -0.310. The summed E-state index contributed by atoms with van der Waals surface area (Å²) < 4.78 is 32.9. The second kappa shape index (κ2) is 9.84. The normalized spacial score (nSPS) is 18.5. The minimum Gasteiger partial charge on any atom is -0.459 e. The van der Waals surface area contributed by atoms with Gasteiger partial charge in [0.25, 0.3) is 11.8 Å². The van der Waals surface area contributed by atoms with Crippen LogP contribution in [-0.2, 0) is 10.0 Å². The van der Waals surface area contributed by atoms with Crippen molar-refractivity contribution < 1.29 is 22.4 Å². The molecule has 0 radical (unpaired) electrons. The zero-order chi connectivity index (χ0) is 23.6. The Kier molecular flexibility index (Phi) is 7.08. The van der Waals surface area contributed by atoms with Gasteiger partial charge in [0, 0.05) is 52.4 Å². The molecule has 2 aromatic rings. The third-order valence-electron chi connectivity index (χ3n) is 6.17. The van der Waals surface area contributed by atoms with E-state index in [2.05, 4.69) is 4.90 Å².